The molecule has 0 aromatic heterocycles. The molecule has 2 rings (SSSR count). The molecule has 1 N–H and O–H groups in total. The molecule has 0 spiro atoms. The number of carbonyl (C=O) groups is 3. The maximum absolute atomic E-state index is 13.0. The van der Waals surface area contributed by atoms with Crippen molar-refractivity contribution in [3.63, 3.8) is 0 Å². The molecule has 8 heteroatoms. The highest BCUT2D eigenvalue weighted by atomic mass is 19.1. The van der Waals surface area contributed by atoms with Crippen molar-refractivity contribution in [3.8, 4) is 5.75 Å². The van der Waals surface area contributed by atoms with Crippen LogP contribution in [0.1, 0.15) is 20.8 Å². The Labute approximate surface area is 174 Å². The Bertz CT molecular complexity index is 863. The minimum atomic E-state index is -0.697. The summed E-state index contributed by atoms with van der Waals surface area (Å²) in [6.45, 7) is 4.18. The van der Waals surface area contributed by atoms with Crippen LogP contribution in [0.5, 0.6) is 5.75 Å². The summed E-state index contributed by atoms with van der Waals surface area (Å²) in [7, 11) is 0. The van der Waals surface area contributed by atoms with E-state index in [2.05, 4.69) is 5.32 Å². The predicted molar refractivity (Wildman–Crippen MR) is 109 cm³/mol. The van der Waals surface area contributed by atoms with Gasteiger partial charge in [0.15, 0.2) is 13.2 Å². The minimum Gasteiger partial charge on any atom is -0.482 e. The zero-order valence-electron chi connectivity index (χ0n) is 17.2. The molecular weight excluding hydrogens is 391 g/mol. The molecule has 0 aliphatic heterocycles. The summed E-state index contributed by atoms with van der Waals surface area (Å²) >= 11 is 0. The maximum Gasteiger partial charge on any atom is 0.344 e. The Hall–Kier alpha value is -3.42. The van der Waals surface area contributed by atoms with Crippen molar-refractivity contribution < 1.29 is 28.2 Å². The molecule has 0 saturated heterocycles. The van der Waals surface area contributed by atoms with E-state index < -0.39 is 35.7 Å². The monoisotopic (exact) mass is 416 g/mol. The van der Waals surface area contributed by atoms with Gasteiger partial charge in [-0.3, -0.25) is 9.59 Å². The van der Waals surface area contributed by atoms with Gasteiger partial charge in [-0.1, -0.05) is 18.2 Å². The molecule has 7 nitrogen and oxygen atoms in total. The SMILES string of the molecule is CC(C)(C)N(CC(=O)Nc1ccc(F)cc1)C(=O)COC(=O)COc1ccccc1. The van der Waals surface area contributed by atoms with Crippen molar-refractivity contribution in [1.29, 1.82) is 0 Å². The molecule has 2 amide bonds. The number of rotatable bonds is 8. The molecule has 0 unspecified atom stereocenters. The van der Waals surface area contributed by atoms with Gasteiger partial charge >= 0.3 is 5.97 Å². The van der Waals surface area contributed by atoms with Gasteiger partial charge < -0.3 is 19.7 Å². The smallest absolute Gasteiger partial charge is 0.344 e. The molecule has 0 fully saturated rings. The van der Waals surface area contributed by atoms with Gasteiger partial charge in [0, 0.05) is 11.2 Å². The van der Waals surface area contributed by atoms with E-state index in [9.17, 15) is 18.8 Å². The lowest BCUT2D eigenvalue weighted by molar-refractivity contribution is -0.156. The van der Waals surface area contributed by atoms with Crippen LogP contribution in [0.3, 0.4) is 0 Å². The van der Waals surface area contributed by atoms with Crippen LogP contribution in [-0.2, 0) is 19.1 Å². The lowest BCUT2D eigenvalue weighted by Crippen LogP contribution is -2.50. The Kier molecular flexibility index (Phi) is 7.91. The minimum absolute atomic E-state index is 0.252. The number of benzene rings is 2. The van der Waals surface area contributed by atoms with E-state index in [1.807, 2.05) is 6.07 Å². The van der Waals surface area contributed by atoms with Crippen molar-refractivity contribution in [2.75, 3.05) is 25.1 Å². The number of hydrogen-bond acceptors (Lipinski definition) is 5. The average molecular weight is 416 g/mol. The average Bonchev–Trinajstić information content (AvgIpc) is 2.70. The number of carbonyl (C=O) groups excluding carboxylic acids is 3. The number of para-hydroxylation sites is 1. The fourth-order valence-corrected chi connectivity index (χ4v) is 2.50. The van der Waals surface area contributed by atoms with Gasteiger partial charge in [-0.15, -0.1) is 0 Å². The van der Waals surface area contributed by atoms with Crippen LogP contribution < -0.4 is 10.1 Å². The van der Waals surface area contributed by atoms with E-state index in [0.717, 1.165) is 0 Å². The molecule has 0 bridgehead atoms. The number of nitrogens with one attached hydrogen (secondary N) is 1. The van der Waals surface area contributed by atoms with E-state index in [4.69, 9.17) is 9.47 Å². The van der Waals surface area contributed by atoms with Crippen molar-refractivity contribution in [3.05, 3.63) is 60.4 Å². The number of ether oxygens (including phenoxy) is 2. The standard InChI is InChI=1S/C22H25FN2O5/c1-22(2,3)25(13-19(26)24-17-11-9-16(23)10-12-17)20(27)14-30-21(28)15-29-18-7-5-4-6-8-18/h4-12H,13-15H2,1-3H3,(H,24,26). The Morgan fingerprint density at radius 2 is 1.60 bits per heavy atom. The van der Waals surface area contributed by atoms with E-state index >= 15 is 0 Å². The summed E-state index contributed by atoms with van der Waals surface area (Å²) in [6, 6.07) is 14.0. The third kappa shape index (κ3) is 7.54. The van der Waals surface area contributed by atoms with Gasteiger partial charge in [-0.05, 0) is 57.2 Å². The highest BCUT2D eigenvalue weighted by Crippen LogP contribution is 2.15. The number of anilines is 1. The molecule has 2 aromatic rings. The third-order valence-corrected chi connectivity index (χ3v) is 4.00. The molecule has 2 aromatic carbocycles. The van der Waals surface area contributed by atoms with E-state index in [1.165, 1.54) is 29.2 Å². The van der Waals surface area contributed by atoms with Crippen LogP contribution in [0.4, 0.5) is 10.1 Å². The molecule has 30 heavy (non-hydrogen) atoms. The van der Waals surface area contributed by atoms with Crippen LogP contribution in [0.15, 0.2) is 54.6 Å². The maximum atomic E-state index is 13.0. The first kappa shape index (κ1) is 22.9. The molecule has 160 valence electrons. The Morgan fingerprint density at radius 1 is 0.967 bits per heavy atom. The molecule has 0 saturated carbocycles. The lowest BCUT2D eigenvalue weighted by Gasteiger charge is -2.35. The second-order valence-electron chi connectivity index (χ2n) is 7.47. The number of halogens is 1. The van der Waals surface area contributed by atoms with Crippen LogP contribution in [0.25, 0.3) is 0 Å². The number of nitrogens with zero attached hydrogens (tertiary/aromatic N) is 1. The normalized spacial score (nSPS) is 10.8. The summed E-state index contributed by atoms with van der Waals surface area (Å²) in [6.07, 6.45) is 0. The number of amides is 2. The summed E-state index contributed by atoms with van der Waals surface area (Å²) in [5.74, 6) is -1.59. The molecule has 0 aliphatic rings. The van der Waals surface area contributed by atoms with Crippen LogP contribution >= 0.6 is 0 Å². The first-order valence-electron chi connectivity index (χ1n) is 9.34. The molecule has 0 atom stereocenters. The first-order valence-corrected chi connectivity index (χ1v) is 9.34. The van der Waals surface area contributed by atoms with Gasteiger partial charge in [0.05, 0.1) is 0 Å². The highest BCUT2D eigenvalue weighted by molar-refractivity contribution is 5.95. The van der Waals surface area contributed by atoms with Gasteiger partial charge in [-0.25, -0.2) is 9.18 Å². The second-order valence-corrected chi connectivity index (χ2v) is 7.47. The summed E-state index contributed by atoms with van der Waals surface area (Å²) in [5, 5.41) is 2.60. The van der Waals surface area contributed by atoms with E-state index in [1.54, 1.807) is 45.0 Å². The Balaban J connectivity index is 1.87. The first-order chi connectivity index (χ1) is 14.1. The number of esters is 1. The van der Waals surface area contributed by atoms with Gasteiger partial charge in [-0.2, -0.15) is 0 Å². The summed E-state index contributed by atoms with van der Waals surface area (Å²) in [5.41, 5.74) is -0.281. The molecule has 0 aliphatic carbocycles. The lowest BCUT2D eigenvalue weighted by atomic mass is 10.1. The molecule has 0 heterocycles. The number of hydrogen-bond donors (Lipinski definition) is 1. The van der Waals surface area contributed by atoms with Crippen molar-refractivity contribution in [2.24, 2.45) is 0 Å². The van der Waals surface area contributed by atoms with Gasteiger partial charge in [0.25, 0.3) is 5.91 Å². The summed E-state index contributed by atoms with van der Waals surface area (Å²) in [4.78, 5) is 38.1. The zero-order valence-corrected chi connectivity index (χ0v) is 17.2. The fraction of sp³-hybridized carbons (Fsp3) is 0.318. The summed E-state index contributed by atoms with van der Waals surface area (Å²) < 4.78 is 23.2. The van der Waals surface area contributed by atoms with E-state index in [-0.39, 0.29) is 13.2 Å². The van der Waals surface area contributed by atoms with Crippen LogP contribution in [0, 0.1) is 5.82 Å². The van der Waals surface area contributed by atoms with Gasteiger partial charge in [0.2, 0.25) is 5.91 Å². The van der Waals surface area contributed by atoms with Crippen molar-refractivity contribution in [1.82, 2.24) is 4.90 Å². The zero-order chi connectivity index (χ0) is 22.1. The quantitative estimate of drug-likeness (QED) is 0.669. The molecule has 0 radical (unpaired) electrons. The fourth-order valence-electron chi connectivity index (χ4n) is 2.50. The van der Waals surface area contributed by atoms with Crippen molar-refractivity contribution >= 4 is 23.5 Å². The van der Waals surface area contributed by atoms with Crippen LogP contribution in [0.2, 0.25) is 0 Å². The Morgan fingerprint density at radius 3 is 2.20 bits per heavy atom. The molecular formula is C22H25FN2O5. The largest absolute Gasteiger partial charge is 0.482 e. The van der Waals surface area contributed by atoms with Gasteiger partial charge in [0.1, 0.15) is 18.1 Å². The second kappa shape index (κ2) is 10.4. The topological polar surface area (TPSA) is 84.9 Å². The predicted octanol–water partition coefficient (Wildman–Crippen LogP) is 3.01. The van der Waals surface area contributed by atoms with Crippen molar-refractivity contribution in [2.45, 2.75) is 26.3 Å². The highest BCUT2D eigenvalue weighted by Gasteiger charge is 2.29. The van der Waals surface area contributed by atoms with E-state index in [0.29, 0.717) is 11.4 Å². The van der Waals surface area contributed by atoms with Crippen LogP contribution in [-0.4, -0.2) is 48.0 Å². The third-order valence-electron chi connectivity index (χ3n) is 4.00.